The zero-order valence-corrected chi connectivity index (χ0v) is 11.7. The van der Waals surface area contributed by atoms with Crippen molar-refractivity contribution in [1.29, 1.82) is 0 Å². The molecule has 1 rings (SSSR count). The SMILES string of the molecule is CC1CCN(C(C)(C)C(=O)NC(C)C(=O)O)CC1. The number of hydrogen-bond acceptors (Lipinski definition) is 3. The maximum absolute atomic E-state index is 12.1. The van der Waals surface area contributed by atoms with E-state index in [2.05, 4.69) is 17.1 Å². The van der Waals surface area contributed by atoms with E-state index in [0.29, 0.717) is 5.92 Å². The molecule has 1 unspecified atom stereocenters. The molecule has 0 aliphatic carbocycles. The van der Waals surface area contributed by atoms with Crippen LogP contribution in [0.1, 0.15) is 40.5 Å². The van der Waals surface area contributed by atoms with E-state index in [1.165, 1.54) is 6.92 Å². The van der Waals surface area contributed by atoms with Gasteiger partial charge in [0.25, 0.3) is 0 Å². The van der Waals surface area contributed by atoms with Crippen LogP contribution in [0.5, 0.6) is 0 Å². The molecule has 18 heavy (non-hydrogen) atoms. The minimum atomic E-state index is -1.01. The number of carboxylic acids is 1. The Morgan fingerprint density at radius 1 is 1.33 bits per heavy atom. The summed E-state index contributed by atoms with van der Waals surface area (Å²) in [5.41, 5.74) is -0.649. The van der Waals surface area contributed by atoms with Gasteiger partial charge in [0.2, 0.25) is 5.91 Å². The van der Waals surface area contributed by atoms with E-state index in [9.17, 15) is 9.59 Å². The molecule has 1 saturated heterocycles. The van der Waals surface area contributed by atoms with Crippen molar-refractivity contribution in [3.8, 4) is 0 Å². The number of carbonyl (C=O) groups excluding carboxylic acids is 1. The summed E-state index contributed by atoms with van der Waals surface area (Å²) >= 11 is 0. The Kier molecular flexibility index (Phi) is 4.73. The molecule has 1 fully saturated rings. The molecule has 1 amide bonds. The van der Waals surface area contributed by atoms with Crippen LogP contribution in [0.3, 0.4) is 0 Å². The second kappa shape index (κ2) is 5.69. The Hall–Kier alpha value is -1.10. The molecule has 0 aromatic carbocycles. The predicted molar refractivity (Wildman–Crippen MR) is 69.3 cm³/mol. The monoisotopic (exact) mass is 256 g/mol. The van der Waals surface area contributed by atoms with E-state index in [4.69, 9.17) is 5.11 Å². The van der Waals surface area contributed by atoms with E-state index in [1.807, 2.05) is 13.8 Å². The molecule has 5 nitrogen and oxygen atoms in total. The molecule has 0 aromatic rings. The van der Waals surface area contributed by atoms with Gasteiger partial charge >= 0.3 is 5.97 Å². The van der Waals surface area contributed by atoms with Crippen LogP contribution >= 0.6 is 0 Å². The van der Waals surface area contributed by atoms with Gasteiger partial charge in [-0.1, -0.05) is 6.92 Å². The summed E-state index contributed by atoms with van der Waals surface area (Å²) in [4.78, 5) is 25.0. The molecule has 2 N–H and O–H groups in total. The van der Waals surface area contributed by atoms with Gasteiger partial charge in [0.15, 0.2) is 0 Å². The highest BCUT2D eigenvalue weighted by atomic mass is 16.4. The van der Waals surface area contributed by atoms with Crippen molar-refractivity contribution < 1.29 is 14.7 Å². The molecule has 0 spiro atoms. The van der Waals surface area contributed by atoms with Crippen LogP contribution < -0.4 is 5.32 Å². The van der Waals surface area contributed by atoms with Gasteiger partial charge in [0.1, 0.15) is 6.04 Å². The average Bonchev–Trinajstić information content (AvgIpc) is 2.29. The molecule has 1 aliphatic rings. The molecule has 0 aromatic heterocycles. The van der Waals surface area contributed by atoms with Crippen LogP contribution in [0.15, 0.2) is 0 Å². The molecular formula is C13H24N2O3. The van der Waals surface area contributed by atoms with E-state index in [1.54, 1.807) is 0 Å². The van der Waals surface area contributed by atoms with Gasteiger partial charge in [-0.15, -0.1) is 0 Å². The average molecular weight is 256 g/mol. The number of carboxylic acid groups (broad SMARTS) is 1. The molecule has 104 valence electrons. The Labute approximate surface area is 109 Å². The zero-order chi connectivity index (χ0) is 13.9. The summed E-state index contributed by atoms with van der Waals surface area (Å²) in [6, 6.07) is -0.847. The third kappa shape index (κ3) is 3.45. The van der Waals surface area contributed by atoms with E-state index in [-0.39, 0.29) is 5.91 Å². The Bertz CT molecular complexity index is 320. The molecule has 1 aliphatic heterocycles. The first kappa shape index (κ1) is 15.0. The zero-order valence-electron chi connectivity index (χ0n) is 11.7. The lowest BCUT2D eigenvalue weighted by atomic mass is 9.93. The smallest absolute Gasteiger partial charge is 0.325 e. The summed E-state index contributed by atoms with van der Waals surface area (Å²) in [7, 11) is 0. The number of nitrogens with one attached hydrogen (secondary N) is 1. The Morgan fingerprint density at radius 3 is 2.28 bits per heavy atom. The van der Waals surface area contributed by atoms with Gasteiger partial charge < -0.3 is 10.4 Å². The summed E-state index contributed by atoms with van der Waals surface area (Å²) in [6.07, 6.45) is 2.18. The first-order valence-electron chi connectivity index (χ1n) is 6.54. The third-order valence-electron chi connectivity index (χ3n) is 3.85. The largest absolute Gasteiger partial charge is 0.480 e. The van der Waals surface area contributed by atoms with Crippen molar-refractivity contribution >= 4 is 11.9 Å². The molecule has 1 heterocycles. The lowest BCUT2D eigenvalue weighted by molar-refractivity contribution is -0.143. The van der Waals surface area contributed by atoms with Crippen molar-refractivity contribution in [2.75, 3.05) is 13.1 Å². The third-order valence-corrected chi connectivity index (χ3v) is 3.85. The molecular weight excluding hydrogens is 232 g/mol. The van der Waals surface area contributed by atoms with Gasteiger partial charge in [0.05, 0.1) is 5.54 Å². The molecule has 5 heteroatoms. The number of likely N-dealkylation sites (tertiary alicyclic amines) is 1. The lowest BCUT2D eigenvalue weighted by Gasteiger charge is -2.41. The fourth-order valence-electron chi connectivity index (χ4n) is 2.15. The normalized spacial score (nSPS) is 20.4. The molecule has 1 atom stereocenters. The molecule has 0 saturated carbocycles. The summed E-state index contributed by atoms with van der Waals surface area (Å²) in [5, 5.41) is 11.4. The fraction of sp³-hybridized carbons (Fsp3) is 0.846. The van der Waals surface area contributed by atoms with Crippen molar-refractivity contribution in [2.24, 2.45) is 5.92 Å². The first-order chi connectivity index (χ1) is 8.25. The van der Waals surface area contributed by atoms with Crippen LogP contribution in [-0.4, -0.2) is 46.6 Å². The first-order valence-corrected chi connectivity index (χ1v) is 6.54. The van der Waals surface area contributed by atoms with Gasteiger partial charge in [-0.25, -0.2) is 0 Å². The van der Waals surface area contributed by atoms with Crippen LogP contribution in [0, 0.1) is 5.92 Å². The topological polar surface area (TPSA) is 69.6 Å². The van der Waals surface area contributed by atoms with Crippen LogP contribution in [0.25, 0.3) is 0 Å². The Morgan fingerprint density at radius 2 is 1.83 bits per heavy atom. The van der Waals surface area contributed by atoms with E-state index < -0.39 is 17.6 Å². The maximum atomic E-state index is 12.1. The van der Waals surface area contributed by atoms with Gasteiger partial charge in [0, 0.05) is 0 Å². The minimum Gasteiger partial charge on any atom is -0.480 e. The van der Waals surface area contributed by atoms with Crippen LogP contribution in [0.2, 0.25) is 0 Å². The Balaban J connectivity index is 2.62. The fourth-order valence-corrected chi connectivity index (χ4v) is 2.15. The van der Waals surface area contributed by atoms with Gasteiger partial charge in [-0.3, -0.25) is 14.5 Å². The quantitative estimate of drug-likeness (QED) is 0.790. The highest BCUT2D eigenvalue weighted by Gasteiger charge is 2.37. The number of carbonyl (C=O) groups is 2. The van der Waals surface area contributed by atoms with Crippen molar-refractivity contribution in [1.82, 2.24) is 10.2 Å². The second-order valence-corrected chi connectivity index (χ2v) is 5.76. The number of piperidine rings is 1. The van der Waals surface area contributed by atoms with Crippen molar-refractivity contribution in [3.05, 3.63) is 0 Å². The number of rotatable bonds is 4. The summed E-state index contributed by atoms with van der Waals surface area (Å²) in [6.45, 7) is 9.19. The maximum Gasteiger partial charge on any atom is 0.325 e. The standard InChI is InChI=1S/C13H24N2O3/c1-9-5-7-15(8-6-9)13(3,4)12(18)14-10(2)11(16)17/h9-10H,5-8H2,1-4H3,(H,14,18)(H,16,17). The highest BCUT2D eigenvalue weighted by Crippen LogP contribution is 2.24. The van der Waals surface area contributed by atoms with Crippen molar-refractivity contribution in [3.63, 3.8) is 0 Å². The predicted octanol–water partition coefficient (Wildman–Crippen LogP) is 1.09. The van der Waals surface area contributed by atoms with Crippen LogP contribution in [-0.2, 0) is 9.59 Å². The van der Waals surface area contributed by atoms with E-state index in [0.717, 1.165) is 25.9 Å². The number of nitrogens with zero attached hydrogens (tertiary/aromatic N) is 1. The second-order valence-electron chi connectivity index (χ2n) is 5.76. The number of hydrogen-bond donors (Lipinski definition) is 2. The number of aliphatic carboxylic acids is 1. The highest BCUT2D eigenvalue weighted by molar-refractivity contribution is 5.89. The lowest BCUT2D eigenvalue weighted by Crippen LogP contribution is -2.59. The number of amides is 1. The molecule has 0 radical (unpaired) electrons. The van der Waals surface area contributed by atoms with Gasteiger partial charge in [-0.2, -0.15) is 0 Å². The summed E-state index contributed by atoms with van der Waals surface area (Å²) in [5.74, 6) is -0.517. The van der Waals surface area contributed by atoms with Crippen LogP contribution in [0.4, 0.5) is 0 Å². The summed E-state index contributed by atoms with van der Waals surface area (Å²) < 4.78 is 0. The molecule has 0 bridgehead atoms. The minimum absolute atomic E-state index is 0.216. The van der Waals surface area contributed by atoms with Gasteiger partial charge in [-0.05, 0) is 52.6 Å². The van der Waals surface area contributed by atoms with E-state index >= 15 is 0 Å². The van der Waals surface area contributed by atoms with Crippen molar-refractivity contribution in [2.45, 2.75) is 52.1 Å².